The van der Waals surface area contributed by atoms with Crippen molar-refractivity contribution in [1.29, 1.82) is 0 Å². The van der Waals surface area contributed by atoms with Crippen LogP contribution in [0.3, 0.4) is 0 Å². The molecule has 2 N–H and O–H groups in total. The fourth-order valence-electron chi connectivity index (χ4n) is 4.26. The summed E-state index contributed by atoms with van der Waals surface area (Å²) in [6.45, 7) is 0. The van der Waals surface area contributed by atoms with Crippen LogP contribution in [0.4, 0.5) is 5.82 Å². The number of benzene rings is 3. The lowest BCUT2D eigenvalue weighted by molar-refractivity contribution is 0.414. The summed E-state index contributed by atoms with van der Waals surface area (Å²) in [7, 11) is 1.71. The minimum atomic E-state index is 0.211. The maximum atomic E-state index is 6.34. The normalized spacial score (nSPS) is 15.2. The second kappa shape index (κ2) is 6.13. The van der Waals surface area contributed by atoms with Gasteiger partial charge in [0.1, 0.15) is 11.6 Å². The molecule has 4 aromatic rings. The summed E-state index contributed by atoms with van der Waals surface area (Å²) in [6.07, 6.45) is 0.936. The molecule has 27 heavy (non-hydrogen) atoms. The van der Waals surface area contributed by atoms with Gasteiger partial charge in [0.25, 0.3) is 0 Å². The first-order chi connectivity index (χ1) is 13.3. The maximum absolute atomic E-state index is 6.34. The van der Waals surface area contributed by atoms with Crippen molar-refractivity contribution in [3.05, 3.63) is 89.5 Å². The van der Waals surface area contributed by atoms with Crippen molar-refractivity contribution in [2.45, 2.75) is 12.3 Å². The summed E-state index contributed by atoms with van der Waals surface area (Å²) >= 11 is 0. The highest BCUT2D eigenvalue weighted by Gasteiger charge is 2.29. The van der Waals surface area contributed by atoms with Crippen molar-refractivity contribution in [2.24, 2.45) is 0 Å². The van der Waals surface area contributed by atoms with E-state index in [-0.39, 0.29) is 5.92 Å². The van der Waals surface area contributed by atoms with Crippen LogP contribution < -0.4 is 10.5 Å². The second-order valence-electron chi connectivity index (χ2n) is 7.00. The number of rotatable bonds is 2. The average molecular weight is 352 g/mol. The molecule has 132 valence electrons. The zero-order chi connectivity index (χ0) is 18.4. The maximum Gasteiger partial charge on any atom is 0.131 e. The monoisotopic (exact) mass is 352 g/mol. The van der Waals surface area contributed by atoms with E-state index in [1.807, 2.05) is 12.1 Å². The third-order valence-electron chi connectivity index (χ3n) is 5.52. The van der Waals surface area contributed by atoms with Gasteiger partial charge in [0.2, 0.25) is 0 Å². The van der Waals surface area contributed by atoms with Crippen molar-refractivity contribution >= 4 is 16.6 Å². The van der Waals surface area contributed by atoms with Crippen molar-refractivity contribution in [3.8, 4) is 17.0 Å². The van der Waals surface area contributed by atoms with Crippen molar-refractivity contribution in [2.75, 3.05) is 12.8 Å². The molecule has 5 rings (SSSR count). The van der Waals surface area contributed by atoms with Crippen molar-refractivity contribution in [3.63, 3.8) is 0 Å². The van der Waals surface area contributed by atoms with Gasteiger partial charge in [-0.2, -0.15) is 0 Å². The highest BCUT2D eigenvalue weighted by molar-refractivity contribution is 5.98. The number of nitrogen functional groups attached to an aromatic ring is 1. The van der Waals surface area contributed by atoms with Gasteiger partial charge in [-0.15, -0.1) is 0 Å². The summed E-state index contributed by atoms with van der Waals surface area (Å²) in [4.78, 5) is 4.85. The minimum Gasteiger partial charge on any atom is -0.497 e. The molecule has 1 heterocycles. The third kappa shape index (κ3) is 2.47. The molecular weight excluding hydrogens is 332 g/mol. The van der Waals surface area contributed by atoms with Crippen LogP contribution in [-0.2, 0) is 6.42 Å². The molecule has 1 aliphatic rings. The third-order valence-corrected chi connectivity index (χ3v) is 5.52. The molecule has 0 aliphatic heterocycles. The van der Waals surface area contributed by atoms with E-state index in [1.54, 1.807) is 7.11 Å². The number of pyridine rings is 1. The highest BCUT2D eigenvalue weighted by Crippen LogP contribution is 2.46. The van der Waals surface area contributed by atoms with Gasteiger partial charge in [-0.25, -0.2) is 4.98 Å². The number of nitrogens with zero attached hydrogens (tertiary/aromatic N) is 1. The summed E-state index contributed by atoms with van der Waals surface area (Å²) in [5.74, 6) is 1.68. The van der Waals surface area contributed by atoms with Gasteiger partial charge in [0.15, 0.2) is 0 Å². The van der Waals surface area contributed by atoms with E-state index in [9.17, 15) is 0 Å². The van der Waals surface area contributed by atoms with E-state index in [4.69, 9.17) is 15.5 Å². The molecular formula is C24H20N2O. The molecule has 1 aromatic heterocycles. The van der Waals surface area contributed by atoms with Gasteiger partial charge in [-0.1, -0.05) is 60.7 Å². The minimum absolute atomic E-state index is 0.211. The zero-order valence-corrected chi connectivity index (χ0v) is 15.1. The highest BCUT2D eigenvalue weighted by atomic mass is 16.5. The molecule has 0 spiro atoms. The number of anilines is 1. The SMILES string of the molecule is COc1cccc(C2Cc3ccccc3-c3nc(N)c4ccccc4c32)c1. The Morgan fingerprint density at radius 2 is 1.70 bits per heavy atom. The van der Waals surface area contributed by atoms with E-state index < -0.39 is 0 Å². The number of hydrogen-bond acceptors (Lipinski definition) is 3. The molecule has 0 radical (unpaired) electrons. The Hall–Kier alpha value is -3.33. The number of aromatic nitrogens is 1. The van der Waals surface area contributed by atoms with Crippen molar-refractivity contribution in [1.82, 2.24) is 4.98 Å². The van der Waals surface area contributed by atoms with Gasteiger partial charge in [-0.05, 0) is 40.6 Å². The molecule has 0 fully saturated rings. The molecule has 1 unspecified atom stereocenters. The molecule has 3 nitrogen and oxygen atoms in total. The predicted octanol–water partition coefficient (Wildman–Crippen LogP) is 5.18. The van der Waals surface area contributed by atoms with E-state index >= 15 is 0 Å². The van der Waals surface area contributed by atoms with Crippen LogP contribution in [-0.4, -0.2) is 12.1 Å². The summed E-state index contributed by atoms with van der Waals surface area (Å²) in [5, 5.41) is 2.20. The lowest BCUT2D eigenvalue weighted by Crippen LogP contribution is -2.15. The molecule has 0 saturated carbocycles. The molecule has 1 aliphatic carbocycles. The number of methoxy groups -OCH3 is 1. The fourth-order valence-corrected chi connectivity index (χ4v) is 4.26. The smallest absolute Gasteiger partial charge is 0.131 e. The summed E-state index contributed by atoms with van der Waals surface area (Å²) in [5.41, 5.74) is 12.3. The Morgan fingerprint density at radius 1 is 0.926 bits per heavy atom. The molecule has 0 bridgehead atoms. The Bertz CT molecular complexity index is 1170. The van der Waals surface area contributed by atoms with E-state index in [0.29, 0.717) is 5.82 Å². The first-order valence-electron chi connectivity index (χ1n) is 9.16. The van der Waals surface area contributed by atoms with Crippen LogP contribution in [0.25, 0.3) is 22.0 Å². The zero-order valence-electron chi connectivity index (χ0n) is 15.1. The fraction of sp³-hybridized carbons (Fsp3) is 0.125. The van der Waals surface area contributed by atoms with Gasteiger partial charge in [0, 0.05) is 16.9 Å². The van der Waals surface area contributed by atoms with Gasteiger partial charge in [-0.3, -0.25) is 0 Å². The second-order valence-corrected chi connectivity index (χ2v) is 7.00. The van der Waals surface area contributed by atoms with Crippen LogP contribution in [0.15, 0.2) is 72.8 Å². The number of hydrogen-bond donors (Lipinski definition) is 1. The Labute approximate surface area is 158 Å². The largest absolute Gasteiger partial charge is 0.497 e. The van der Waals surface area contributed by atoms with E-state index in [2.05, 4.69) is 60.7 Å². The average Bonchev–Trinajstić information content (AvgIpc) is 2.73. The number of fused-ring (bicyclic) bond motifs is 5. The van der Waals surface area contributed by atoms with E-state index in [0.717, 1.165) is 23.3 Å². The topological polar surface area (TPSA) is 48.1 Å². The van der Waals surface area contributed by atoms with Gasteiger partial charge >= 0.3 is 0 Å². The number of ether oxygens (including phenoxy) is 1. The van der Waals surface area contributed by atoms with Crippen LogP contribution in [0.5, 0.6) is 5.75 Å². The molecule has 3 aromatic carbocycles. The first-order valence-corrected chi connectivity index (χ1v) is 9.16. The Morgan fingerprint density at radius 3 is 2.56 bits per heavy atom. The van der Waals surface area contributed by atoms with Crippen LogP contribution in [0.1, 0.15) is 22.6 Å². The van der Waals surface area contributed by atoms with Crippen LogP contribution in [0.2, 0.25) is 0 Å². The quantitative estimate of drug-likeness (QED) is 0.541. The lowest BCUT2D eigenvalue weighted by Gasteiger charge is -2.29. The Balaban J connectivity index is 1.85. The predicted molar refractivity (Wildman–Crippen MR) is 110 cm³/mol. The lowest BCUT2D eigenvalue weighted by atomic mass is 9.76. The molecule has 1 atom stereocenters. The van der Waals surface area contributed by atoms with E-state index in [1.165, 1.54) is 27.6 Å². The van der Waals surface area contributed by atoms with Crippen LogP contribution >= 0.6 is 0 Å². The van der Waals surface area contributed by atoms with Crippen molar-refractivity contribution < 1.29 is 4.74 Å². The van der Waals surface area contributed by atoms with Gasteiger partial charge in [0.05, 0.1) is 12.8 Å². The first kappa shape index (κ1) is 15.9. The standard InChI is InChI=1S/C24H20N2O/c1-27-17-9-6-8-15(13-17)21-14-16-7-2-3-10-18(16)23-22(21)19-11-4-5-12-20(19)24(25)26-23/h2-13,21H,14H2,1H3,(H2,25,26). The molecule has 0 saturated heterocycles. The summed E-state index contributed by atoms with van der Waals surface area (Å²) < 4.78 is 5.47. The van der Waals surface area contributed by atoms with Crippen LogP contribution in [0, 0.1) is 0 Å². The van der Waals surface area contributed by atoms with Gasteiger partial charge < -0.3 is 10.5 Å². The molecule has 0 amide bonds. The summed E-state index contributed by atoms with van der Waals surface area (Å²) in [6, 6.07) is 25.2. The number of nitrogens with two attached hydrogens (primary N) is 1. The molecule has 3 heteroatoms. The Kier molecular flexibility index (Phi) is 3.61.